The highest BCUT2D eigenvalue weighted by Crippen LogP contribution is 2.02. The average molecular weight is 301 g/mol. The molecule has 22 heavy (non-hydrogen) atoms. The Morgan fingerprint density at radius 3 is 2.18 bits per heavy atom. The van der Waals surface area contributed by atoms with Gasteiger partial charge in [0.15, 0.2) is 0 Å². The fourth-order valence-electron chi connectivity index (χ4n) is 1.79. The first-order valence-electron chi connectivity index (χ1n) is 6.89. The Labute approximate surface area is 127 Å². The van der Waals surface area contributed by atoms with Gasteiger partial charge in [-0.3, -0.25) is 14.6 Å². The van der Waals surface area contributed by atoms with E-state index in [9.17, 15) is 14.0 Å². The second-order valence-corrected chi connectivity index (χ2v) is 4.61. The van der Waals surface area contributed by atoms with Crippen LogP contribution in [0.4, 0.5) is 4.39 Å². The molecule has 0 saturated carbocycles. The molecule has 0 aliphatic rings. The van der Waals surface area contributed by atoms with Crippen LogP contribution in [0.2, 0.25) is 0 Å². The molecule has 2 N–H and O–H groups in total. The lowest BCUT2D eigenvalue weighted by Crippen LogP contribution is -2.29. The van der Waals surface area contributed by atoms with Crippen LogP contribution in [-0.2, 0) is 0 Å². The molecule has 1 aromatic heterocycles. The topological polar surface area (TPSA) is 71.1 Å². The summed E-state index contributed by atoms with van der Waals surface area (Å²) in [6.45, 7) is 0.862. The van der Waals surface area contributed by atoms with Crippen molar-refractivity contribution in [2.75, 3.05) is 13.1 Å². The van der Waals surface area contributed by atoms with E-state index in [0.29, 0.717) is 30.6 Å². The Kier molecular flexibility index (Phi) is 5.59. The summed E-state index contributed by atoms with van der Waals surface area (Å²) in [6, 6.07) is 8.70. The van der Waals surface area contributed by atoms with Gasteiger partial charge < -0.3 is 10.6 Å². The van der Waals surface area contributed by atoms with Crippen LogP contribution in [0, 0.1) is 5.82 Å². The molecule has 1 heterocycles. The monoisotopic (exact) mass is 301 g/mol. The van der Waals surface area contributed by atoms with Crippen LogP contribution in [-0.4, -0.2) is 29.9 Å². The van der Waals surface area contributed by atoms with Crippen LogP contribution in [0.15, 0.2) is 48.8 Å². The zero-order valence-corrected chi connectivity index (χ0v) is 11.9. The number of amides is 2. The summed E-state index contributed by atoms with van der Waals surface area (Å²) < 4.78 is 12.7. The molecule has 5 nitrogen and oxygen atoms in total. The smallest absolute Gasteiger partial charge is 0.252 e. The van der Waals surface area contributed by atoms with Crippen molar-refractivity contribution in [2.45, 2.75) is 6.42 Å². The van der Waals surface area contributed by atoms with E-state index in [0.717, 1.165) is 0 Å². The second kappa shape index (κ2) is 7.87. The van der Waals surface area contributed by atoms with E-state index < -0.39 is 0 Å². The number of pyridine rings is 1. The molecule has 1 aromatic carbocycles. The van der Waals surface area contributed by atoms with Gasteiger partial charge in [0.05, 0.1) is 5.56 Å². The predicted molar refractivity (Wildman–Crippen MR) is 79.9 cm³/mol. The number of benzene rings is 1. The van der Waals surface area contributed by atoms with E-state index in [1.807, 2.05) is 0 Å². The second-order valence-electron chi connectivity index (χ2n) is 4.61. The molecule has 2 amide bonds. The standard InChI is InChI=1S/C16H16FN3O2/c17-14-6-4-12(5-7-14)15(21)19-9-2-10-20-16(22)13-3-1-8-18-11-13/h1,3-8,11H,2,9-10H2,(H,19,21)(H,20,22). The number of nitrogens with zero attached hydrogens (tertiary/aromatic N) is 1. The van der Waals surface area contributed by atoms with Crippen molar-refractivity contribution in [3.63, 3.8) is 0 Å². The van der Waals surface area contributed by atoms with Crippen LogP contribution in [0.25, 0.3) is 0 Å². The van der Waals surface area contributed by atoms with Crippen molar-refractivity contribution in [1.29, 1.82) is 0 Å². The molecule has 0 fully saturated rings. The molecule has 114 valence electrons. The summed E-state index contributed by atoms with van der Waals surface area (Å²) in [6.07, 6.45) is 3.69. The minimum absolute atomic E-state index is 0.196. The summed E-state index contributed by atoms with van der Waals surface area (Å²) in [4.78, 5) is 27.3. The van der Waals surface area contributed by atoms with Gasteiger partial charge in [-0.2, -0.15) is 0 Å². The summed E-state index contributed by atoms with van der Waals surface area (Å²) in [5, 5.41) is 5.45. The Hall–Kier alpha value is -2.76. The normalized spacial score (nSPS) is 10.0. The molecular formula is C16H16FN3O2. The first kappa shape index (κ1) is 15.6. The van der Waals surface area contributed by atoms with Gasteiger partial charge in [-0.15, -0.1) is 0 Å². The number of aromatic nitrogens is 1. The highest BCUT2D eigenvalue weighted by atomic mass is 19.1. The van der Waals surface area contributed by atoms with E-state index in [1.54, 1.807) is 18.3 Å². The van der Waals surface area contributed by atoms with Gasteiger partial charge >= 0.3 is 0 Å². The van der Waals surface area contributed by atoms with Crippen LogP contribution in [0.5, 0.6) is 0 Å². The molecule has 2 aromatic rings. The zero-order chi connectivity index (χ0) is 15.8. The van der Waals surface area contributed by atoms with Gasteiger partial charge in [-0.25, -0.2) is 4.39 Å². The van der Waals surface area contributed by atoms with E-state index in [-0.39, 0.29) is 17.6 Å². The van der Waals surface area contributed by atoms with Crippen molar-refractivity contribution >= 4 is 11.8 Å². The first-order valence-corrected chi connectivity index (χ1v) is 6.89. The van der Waals surface area contributed by atoms with Gasteiger partial charge in [-0.05, 0) is 42.8 Å². The van der Waals surface area contributed by atoms with Crippen molar-refractivity contribution in [1.82, 2.24) is 15.6 Å². The number of carbonyl (C=O) groups excluding carboxylic acids is 2. The minimum atomic E-state index is -0.380. The molecule has 0 radical (unpaired) electrons. The number of rotatable bonds is 6. The Morgan fingerprint density at radius 1 is 0.955 bits per heavy atom. The molecule has 0 aliphatic heterocycles. The lowest BCUT2D eigenvalue weighted by Gasteiger charge is -2.07. The fraction of sp³-hybridized carbons (Fsp3) is 0.188. The number of hydrogen-bond donors (Lipinski definition) is 2. The maximum Gasteiger partial charge on any atom is 0.252 e. The van der Waals surface area contributed by atoms with Crippen molar-refractivity contribution in [3.8, 4) is 0 Å². The van der Waals surface area contributed by atoms with E-state index in [1.165, 1.54) is 30.5 Å². The third-order valence-corrected chi connectivity index (χ3v) is 2.95. The van der Waals surface area contributed by atoms with Gasteiger partial charge in [-0.1, -0.05) is 0 Å². The molecule has 0 spiro atoms. The summed E-state index contributed by atoms with van der Waals surface area (Å²) in [5.74, 6) is -0.841. The van der Waals surface area contributed by atoms with E-state index in [2.05, 4.69) is 15.6 Å². The summed E-state index contributed by atoms with van der Waals surface area (Å²) >= 11 is 0. The van der Waals surface area contributed by atoms with Gasteiger partial charge in [0.1, 0.15) is 5.82 Å². The van der Waals surface area contributed by atoms with Crippen molar-refractivity contribution in [2.24, 2.45) is 0 Å². The Bertz CT molecular complexity index is 630. The van der Waals surface area contributed by atoms with E-state index in [4.69, 9.17) is 0 Å². The largest absolute Gasteiger partial charge is 0.352 e. The van der Waals surface area contributed by atoms with Crippen LogP contribution in [0.3, 0.4) is 0 Å². The zero-order valence-electron chi connectivity index (χ0n) is 11.9. The van der Waals surface area contributed by atoms with Gasteiger partial charge in [0, 0.05) is 31.0 Å². The van der Waals surface area contributed by atoms with Crippen molar-refractivity contribution in [3.05, 3.63) is 65.7 Å². The summed E-state index contributed by atoms with van der Waals surface area (Å²) in [5.41, 5.74) is 0.902. The lowest BCUT2D eigenvalue weighted by molar-refractivity contribution is 0.0951. The Balaban J connectivity index is 1.66. The number of hydrogen-bond acceptors (Lipinski definition) is 3. The maximum absolute atomic E-state index is 12.7. The average Bonchev–Trinajstić information content (AvgIpc) is 2.55. The van der Waals surface area contributed by atoms with Gasteiger partial charge in [0.25, 0.3) is 11.8 Å². The molecule has 6 heteroatoms. The molecule has 0 aliphatic carbocycles. The highest BCUT2D eigenvalue weighted by Gasteiger charge is 2.06. The quantitative estimate of drug-likeness (QED) is 0.799. The van der Waals surface area contributed by atoms with Crippen LogP contribution in [0.1, 0.15) is 27.1 Å². The van der Waals surface area contributed by atoms with E-state index >= 15 is 0 Å². The summed E-state index contributed by atoms with van der Waals surface area (Å²) in [7, 11) is 0. The predicted octanol–water partition coefficient (Wildman–Crippen LogP) is 1.77. The number of halogens is 1. The Morgan fingerprint density at radius 2 is 1.59 bits per heavy atom. The molecule has 2 rings (SSSR count). The number of carbonyl (C=O) groups is 2. The SMILES string of the molecule is O=C(NCCCNC(=O)c1cccnc1)c1ccc(F)cc1. The lowest BCUT2D eigenvalue weighted by atomic mass is 10.2. The van der Waals surface area contributed by atoms with Crippen molar-refractivity contribution < 1.29 is 14.0 Å². The molecular weight excluding hydrogens is 285 g/mol. The molecule has 0 unspecified atom stereocenters. The fourth-order valence-corrected chi connectivity index (χ4v) is 1.79. The minimum Gasteiger partial charge on any atom is -0.352 e. The van der Waals surface area contributed by atoms with Crippen LogP contribution >= 0.6 is 0 Å². The third-order valence-electron chi connectivity index (χ3n) is 2.95. The van der Waals surface area contributed by atoms with Crippen LogP contribution < -0.4 is 10.6 Å². The number of nitrogens with one attached hydrogen (secondary N) is 2. The molecule has 0 bridgehead atoms. The third kappa shape index (κ3) is 4.66. The highest BCUT2D eigenvalue weighted by molar-refractivity contribution is 5.94. The molecule has 0 saturated heterocycles. The van der Waals surface area contributed by atoms with Gasteiger partial charge in [0.2, 0.25) is 0 Å². The maximum atomic E-state index is 12.7. The molecule has 0 atom stereocenters. The first-order chi connectivity index (χ1) is 10.7.